The van der Waals surface area contributed by atoms with Crippen LogP contribution in [-0.2, 0) is 23.8 Å². The van der Waals surface area contributed by atoms with Crippen molar-refractivity contribution in [1.82, 2.24) is 10.3 Å². The summed E-state index contributed by atoms with van der Waals surface area (Å²) in [7, 11) is 0. The normalized spacial score (nSPS) is 16.3. The van der Waals surface area contributed by atoms with Gasteiger partial charge in [0, 0.05) is 23.1 Å². The van der Waals surface area contributed by atoms with E-state index in [0.717, 1.165) is 5.56 Å². The number of hydrogen-bond donors (Lipinski definition) is 1. The lowest BCUT2D eigenvalue weighted by Gasteiger charge is -2.18. The summed E-state index contributed by atoms with van der Waals surface area (Å²) in [6.07, 6.45) is -4.07. The van der Waals surface area contributed by atoms with Gasteiger partial charge in [0.15, 0.2) is 23.0 Å². The highest BCUT2D eigenvalue weighted by molar-refractivity contribution is 5.86. The molecule has 10 heteroatoms. The van der Waals surface area contributed by atoms with Gasteiger partial charge in [0.2, 0.25) is 0 Å². The van der Waals surface area contributed by atoms with Crippen LogP contribution in [0.4, 0.5) is 13.2 Å². The van der Waals surface area contributed by atoms with Gasteiger partial charge in [0.25, 0.3) is 0 Å². The summed E-state index contributed by atoms with van der Waals surface area (Å²) in [5.74, 6) is -0.916. The van der Waals surface area contributed by atoms with Gasteiger partial charge in [-0.15, -0.1) is 0 Å². The molecule has 2 aromatic heterocycles. The number of ketones is 1. The summed E-state index contributed by atoms with van der Waals surface area (Å²) in [6, 6.07) is 15.0. The average Bonchev–Trinajstić information content (AvgIpc) is 3.33. The third-order valence-corrected chi connectivity index (χ3v) is 7.27. The minimum atomic E-state index is -4.76. The molecule has 0 unspecified atom stereocenters. The molecule has 7 nitrogen and oxygen atoms in total. The molecule has 2 heterocycles. The van der Waals surface area contributed by atoms with Crippen molar-refractivity contribution in [2.75, 3.05) is 0 Å². The number of aromatic nitrogens is 2. The van der Waals surface area contributed by atoms with E-state index in [2.05, 4.69) is 16.4 Å². The van der Waals surface area contributed by atoms with Crippen molar-refractivity contribution in [3.8, 4) is 40.1 Å². The monoisotopic (exact) mass is 519 g/mol. The molecule has 38 heavy (non-hydrogen) atoms. The third-order valence-electron chi connectivity index (χ3n) is 7.27. The van der Waals surface area contributed by atoms with E-state index in [1.54, 1.807) is 36.4 Å². The summed E-state index contributed by atoms with van der Waals surface area (Å²) < 4.78 is 53.1. The average molecular weight is 519 g/mol. The van der Waals surface area contributed by atoms with E-state index < -0.39 is 40.5 Å². The molecule has 2 aliphatic rings. The van der Waals surface area contributed by atoms with Crippen LogP contribution in [0.2, 0.25) is 0 Å². The van der Waals surface area contributed by atoms with Crippen molar-refractivity contribution in [2.45, 2.75) is 44.4 Å². The number of halogens is 3. The van der Waals surface area contributed by atoms with Crippen molar-refractivity contribution in [2.24, 2.45) is 5.41 Å². The second kappa shape index (κ2) is 8.67. The molecule has 0 saturated heterocycles. The Morgan fingerprint density at radius 3 is 2.45 bits per heavy atom. The van der Waals surface area contributed by atoms with Gasteiger partial charge < -0.3 is 14.2 Å². The van der Waals surface area contributed by atoms with Crippen LogP contribution >= 0.6 is 0 Å². The van der Waals surface area contributed by atoms with Gasteiger partial charge in [-0.3, -0.25) is 4.79 Å². The molecular formula is C28H20F3N3O4. The summed E-state index contributed by atoms with van der Waals surface area (Å²) in [4.78, 5) is 12.6. The van der Waals surface area contributed by atoms with Gasteiger partial charge in [-0.2, -0.15) is 18.4 Å². The number of Topliss-reactive ketones (excluding diaryl/α,β-unsaturated/α-hetero) is 1. The number of alkyl halides is 3. The zero-order valence-electron chi connectivity index (χ0n) is 19.9. The van der Waals surface area contributed by atoms with Crippen LogP contribution in [0.3, 0.4) is 0 Å². The highest BCUT2D eigenvalue weighted by Gasteiger charge is 2.46. The molecule has 192 valence electrons. The quantitative estimate of drug-likeness (QED) is 0.329. The molecule has 0 bridgehead atoms. The van der Waals surface area contributed by atoms with Crippen molar-refractivity contribution in [1.29, 1.82) is 5.26 Å². The van der Waals surface area contributed by atoms with E-state index in [4.69, 9.17) is 9.05 Å². The number of nitrogens with zero attached hydrogens (tertiary/aromatic N) is 3. The van der Waals surface area contributed by atoms with Crippen LogP contribution in [0, 0.1) is 16.7 Å². The Bertz CT molecular complexity index is 1590. The molecule has 1 fully saturated rings. The Hall–Kier alpha value is -4.23. The predicted octanol–water partition coefficient (Wildman–Crippen LogP) is 6.08. The minimum Gasteiger partial charge on any atom is -0.381 e. The maximum absolute atomic E-state index is 14.2. The summed E-state index contributed by atoms with van der Waals surface area (Å²) in [5.41, 5.74) is 0.768. The van der Waals surface area contributed by atoms with Gasteiger partial charge in [-0.05, 0) is 36.8 Å². The van der Waals surface area contributed by atoms with E-state index >= 15 is 0 Å². The fraction of sp³-hybridized carbons (Fsp3) is 0.286. The maximum atomic E-state index is 14.2. The largest absolute Gasteiger partial charge is 0.422 e. The highest BCUT2D eigenvalue weighted by atomic mass is 19.4. The van der Waals surface area contributed by atoms with Gasteiger partial charge in [-0.1, -0.05) is 58.8 Å². The molecule has 0 amide bonds. The fourth-order valence-electron chi connectivity index (χ4n) is 5.01. The van der Waals surface area contributed by atoms with Crippen LogP contribution in [0.5, 0.6) is 0 Å². The SMILES string of the molecule is N#CC1(CC(=O)[C@@H](O)c2ccc3c(c2)CCc2c-3noc2-c2noc(-c3ccccc3)c2C(F)(F)F)CC1. The number of rotatable bonds is 6. The topological polar surface area (TPSA) is 113 Å². The molecule has 0 radical (unpaired) electrons. The summed E-state index contributed by atoms with van der Waals surface area (Å²) >= 11 is 0. The number of aliphatic hydroxyl groups excluding tert-OH is 1. The second-order valence-corrected chi connectivity index (χ2v) is 9.79. The zero-order valence-corrected chi connectivity index (χ0v) is 19.9. The molecule has 1 atom stereocenters. The summed E-state index contributed by atoms with van der Waals surface area (Å²) in [6.45, 7) is 0. The molecule has 0 aliphatic heterocycles. The van der Waals surface area contributed by atoms with E-state index in [1.807, 2.05) is 0 Å². The van der Waals surface area contributed by atoms with Gasteiger partial charge in [0.1, 0.15) is 17.4 Å². The Balaban J connectivity index is 1.34. The van der Waals surface area contributed by atoms with E-state index in [1.165, 1.54) is 12.1 Å². The lowest BCUT2D eigenvalue weighted by atomic mass is 9.85. The van der Waals surface area contributed by atoms with E-state index in [9.17, 15) is 28.3 Å². The van der Waals surface area contributed by atoms with Crippen molar-refractivity contribution >= 4 is 5.78 Å². The number of aliphatic hydroxyl groups is 1. The number of benzene rings is 2. The van der Waals surface area contributed by atoms with Crippen LogP contribution in [-0.4, -0.2) is 21.2 Å². The van der Waals surface area contributed by atoms with Crippen molar-refractivity contribution in [3.63, 3.8) is 0 Å². The molecule has 1 saturated carbocycles. The zero-order chi connectivity index (χ0) is 26.7. The number of fused-ring (bicyclic) bond motifs is 3. The molecule has 2 aromatic carbocycles. The number of hydrogen-bond acceptors (Lipinski definition) is 7. The number of aryl methyl sites for hydroxylation is 1. The first-order valence-electron chi connectivity index (χ1n) is 12.1. The molecule has 0 spiro atoms. The highest BCUT2D eigenvalue weighted by Crippen LogP contribution is 2.49. The first-order chi connectivity index (χ1) is 18.2. The first kappa shape index (κ1) is 24.1. The standard InChI is InChI=1S/C28H20F3N3O4/c29-28(30,31)21-23(34-37-25(21)15-4-2-1-3-5-15)26-19-9-6-16-12-17(7-8-18(16)22(19)33-38-26)24(36)20(35)13-27(14-32)10-11-27/h1-5,7-8,12,24,36H,6,9-11,13H2/t24-/m0/s1. The molecule has 6 rings (SSSR count). The summed E-state index contributed by atoms with van der Waals surface area (Å²) in [5, 5.41) is 27.7. The molecular weight excluding hydrogens is 499 g/mol. The Kier molecular flexibility index (Phi) is 5.50. The lowest BCUT2D eigenvalue weighted by Crippen LogP contribution is -2.17. The van der Waals surface area contributed by atoms with Gasteiger partial charge >= 0.3 is 6.18 Å². The van der Waals surface area contributed by atoms with Gasteiger partial charge in [-0.25, -0.2) is 0 Å². The molecule has 1 N–H and O–H groups in total. The van der Waals surface area contributed by atoms with Crippen LogP contribution in [0.1, 0.15) is 47.6 Å². The number of nitriles is 1. The first-order valence-corrected chi connectivity index (χ1v) is 12.1. The fourth-order valence-corrected chi connectivity index (χ4v) is 5.01. The molecule has 4 aromatic rings. The smallest absolute Gasteiger partial charge is 0.381 e. The number of carbonyl (C=O) groups excluding carboxylic acids is 1. The maximum Gasteiger partial charge on any atom is 0.422 e. The lowest BCUT2D eigenvalue weighted by molar-refractivity contribution is -0.137. The van der Waals surface area contributed by atoms with Crippen LogP contribution < -0.4 is 0 Å². The van der Waals surface area contributed by atoms with Crippen molar-refractivity contribution < 1.29 is 32.1 Å². The Labute approximate surface area is 214 Å². The van der Waals surface area contributed by atoms with E-state index in [-0.39, 0.29) is 17.7 Å². The predicted molar refractivity (Wildman–Crippen MR) is 127 cm³/mol. The second-order valence-electron chi connectivity index (χ2n) is 9.79. The Morgan fingerprint density at radius 2 is 1.76 bits per heavy atom. The molecule has 2 aliphatic carbocycles. The minimum absolute atomic E-state index is 0.00273. The Morgan fingerprint density at radius 1 is 1.05 bits per heavy atom. The van der Waals surface area contributed by atoms with Crippen LogP contribution in [0.15, 0.2) is 57.6 Å². The van der Waals surface area contributed by atoms with Gasteiger partial charge in [0.05, 0.1) is 11.5 Å². The number of carbonyl (C=O) groups is 1. The van der Waals surface area contributed by atoms with Crippen LogP contribution in [0.25, 0.3) is 34.0 Å². The van der Waals surface area contributed by atoms with E-state index in [0.29, 0.717) is 48.1 Å². The third kappa shape index (κ3) is 4.00. The van der Waals surface area contributed by atoms with Crippen molar-refractivity contribution in [3.05, 3.63) is 70.8 Å².